The molecule has 4 nitrogen and oxygen atoms in total. The predicted octanol–water partition coefficient (Wildman–Crippen LogP) is 0.925. The van der Waals surface area contributed by atoms with Crippen LogP contribution < -0.4 is 0 Å². The lowest BCUT2D eigenvalue weighted by Crippen LogP contribution is -2.37. The number of likely N-dealkylation sites (tertiary alicyclic amines) is 1. The fourth-order valence-electron chi connectivity index (χ4n) is 2.16. The highest BCUT2D eigenvalue weighted by Crippen LogP contribution is 2.28. The molecular weight excluding hydrogens is 240 g/mol. The van der Waals surface area contributed by atoms with Crippen molar-refractivity contribution in [2.45, 2.75) is 19.3 Å². The van der Waals surface area contributed by atoms with Gasteiger partial charge >= 0.3 is 0 Å². The lowest BCUT2D eigenvalue weighted by atomic mass is 10.1. The molecule has 2 aliphatic rings. The summed E-state index contributed by atoms with van der Waals surface area (Å²) in [6, 6.07) is 0. The molecule has 0 atom stereocenters. The quantitative estimate of drug-likeness (QED) is 0.542. The van der Waals surface area contributed by atoms with Gasteiger partial charge in [0.25, 0.3) is 11.8 Å². The molecule has 17 heavy (non-hydrogen) atoms. The van der Waals surface area contributed by atoms with E-state index in [4.69, 9.17) is 18.0 Å². The maximum Gasteiger partial charge on any atom is 0.279 e. The van der Waals surface area contributed by atoms with Crippen molar-refractivity contribution in [2.75, 3.05) is 19.6 Å². The van der Waals surface area contributed by atoms with Crippen LogP contribution in [0.3, 0.4) is 0 Å². The number of hydrogen-bond acceptors (Lipinski definition) is 3. The van der Waals surface area contributed by atoms with Crippen LogP contribution in [0.4, 0.5) is 0 Å². The van der Waals surface area contributed by atoms with Crippen LogP contribution in [0.1, 0.15) is 19.3 Å². The Morgan fingerprint density at radius 2 is 1.82 bits per heavy atom. The monoisotopic (exact) mass is 252 g/mol. The predicted molar refractivity (Wildman–Crippen MR) is 63.9 cm³/mol. The Labute approximate surface area is 105 Å². The number of carbonyl (C=O) groups is 2. The lowest BCUT2D eigenvalue weighted by molar-refractivity contribution is -0.137. The van der Waals surface area contributed by atoms with E-state index in [-0.39, 0.29) is 17.5 Å². The summed E-state index contributed by atoms with van der Waals surface area (Å²) in [5.41, 5.74) is 0.326. The lowest BCUT2D eigenvalue weighted by Gasteiger charge is -2.29. The summed E-state index contributed by atoms with van der Waals surface area (Å²) < 4.78 is 0. The van der Waals surface area contributed by atoms with Gasteiger partial charge in [-0.3, -0.25) is 14.5 Å². The molecule has 0 spiro atoms. The molecule has 0 aliphatic carbocycles. The van der Waals surface area contributed by atoms with Gasteiger partial charge in [0.2, 0.25) is 0 Å². The van der Waals surface area contributed by atoms with E-state index in [2.05, 4.69) is 5.92 Å². The fourth-order valence-corrected chi connectivity index (χ4v) is 2.46. The normalized spacial score (nSPS) is 21.2. The molecule has 1 fully saturated rings. The molecule has 1 saturated heterocycles. The van der Waals surface area contributed by atoms with Gasteiger partial charge in [0.15, 0.2) is 0 Å². The third-order valence-corrected chi connectivity index (χ3v) is 3.35. The summed E-state index contributed by atoms with van der Waals surface area (Å²) in [6.07, 6.45) is 8.32. The molecule has 2 rings (SSSR count). The first kappa shape index (κ1) is 12.0. The number of rotatable bonds is 2. The Bertz CT molecular complexity index is 430. The molecule has 0 aromatic carbocycles. The van der Waals surface area contributed by atoms with Crippen LogP contribution in [0.5, 0.6) is 0 Å². The summed E-state index contributed by atoms with van der Waals surface area (Å²) in [4.78, 5) is 26.7. The van der Waals surface area contributed by atoms with Crippen molar-refractivity contribution in [1.29, 1.82) is 0 Å². The largest absolute Gasteiger partial charge is 0.366 e. The first-order chi connectivity index (χ1) is 8.16. The fraction of sp³-hybridized carbons (Fsp3) is 0.500. The number of imide groups is 1. The molecule has 2 heterocycles. The Morgan fingerprint density at radius 3 is 2.41 bits per heavy atom. The van der Waals surface area contributed by atoms with Gasteiger partial charge in [-0.05, 0) is 19.3 Å². The molecule has 0 aromatic rings. The highest BCUT2D eigenvalue weighted by Gasteiger charge is 2.39. The number of terminal acetylenes is 1. The number of halogens is 1. The van der Waals surface area contributed by atoms with E-state index in [1.807, 2.05) is 4.90 Å². The number of hydrogen-bond donors (Lipinski definition) is 0. The average Bonchev–Trinajstić information content (AvgIpc) is 2.55. The Hall–Kier alpha value is -1.47. The maximum atomic E-state index is 12.0. The van der Waals surface area contributed by atoms with Gasteiger partial charge in [0.05, 0.1) is 6.54 Å². The van der Waals surface area contributed by atoms with E-state index >= 15 is 0 Å². The smallest absolute Gasteiger partial charge is 0.279 e. The van der Waals surface area contributed by atoms with Gasteiger partial charge in [-0.1, -0.05) is 17.5 Å². The first-order valence-corrected chi connectivity index (χ1v) is 5.99. The van der Waals surface area contributed by atoms with Gasteiger partial charge in [0.1, 0.15) is 10.7 Å². The zero-order valence-corrected chi connectivity index (χ0v) is 10.2. The minimum atomic E-state index is -0.477. The van der Waals surface area contributed by atoms with Crippen molar-refractivity contribution in [1.82, 2.24) is 9.80 Å². The second kappa shape index (κ2) is 4.80. The van der Waals surface area contributed by atoms with Crippen LogP contribution in [0, 0.1) is 12.3 Å². The highest BCUT2D eigenvalue weighted by atomic mass is 35.5. The third-order valence-electron chi connectivity index (χ3n) is 3.01. The standard InChI is InChI=1S/C12H13ClN2O2/c1-2-6-15-11(16)9(13)10(12(15)17)14-7-4-3-5-8-14/h1H,3-8H2. The molecular formula is C12H13ClN2O2. The van der Waals surface area contributed by atoms with Gasteiger partial charge in [-0.15, -0.1) is 6.42 Å². The summed E-state index contributed by atoms with van der Waals surface area (Å²) in [6.45, 7) is 1.52. The summed E-state index contributed by atoms with van der Waals surface area (Å²) in [7, 11) is 0. The van der Waals surface area contributed by atoms with Crippen molar-refractivity contribution in [3.8, 4) is 12.3 Å². The maximum absolute atomic E-state index is 12.0. The number of piperidine rings is 1. The molecule has 2 aliphatic heterocycles. The van der Waals surface area contributed by atoms with Crippen LogP contribution in [-0.4, -0.2) is 41.2 Å². The zero-order chi connectivity index (χ0) is 12.4. The molecule has 0 unspecified atom stereocenters. The second-order valence-electron chi connectivity index (χ2n) is 4.11. The van der Waals surface area contributed by atoms with Crippen molar-refractivity contribution in [3.05, 3.63) is 10.7 Å². The van der Waals surface area contributed by atoms with Crippen molar-refractivity contribution < 1.29 is 9.59 Å². The third kappa shape index (κ3) is 2.03. The van der Waals surface area contributed by atoms with E-state index in [0.717, 1.165) is 37.3 Å². The van der Waals surface area contributed by atoms with Crippen molar-refractivity contribution >= 4 is 23.4 Å². The van der Waals surface area contributed by atoms with E-state index < -0.39 is 5.91 Å². The summed E-state index contributed by atoms with van der Waals surface area (Å²) in [5, 5.41) is 0.00662. The summed E-state index contributed by atoms with van der Waals surface area (Å²) >= 11 is 5.94. The van der Waals surface area contributed by atoms with Crippen molar-refractivity contribution in [3.63, 3.8) is 0 Å². The molecule has 90 valence electrons. The van der Waals surface area contributed by atoms with Crippen LogP contribution in [0.25, 0.3) is 0 Å². The number of carbonyl (C=O) groups excluding carboxylic acids is 2. The van der Waals surface area contributed by atoms with E-state index in [1.165, 1.54) is 0 Å². The highest BCUT2D eigenvalue weighted by molar-refractivity contribution is 6.47. The first-order valence-electron chi connectivity index (χ1n) is 5.61. The Kier molecular flexibility index (Phi) is 3.39. The second-order valence-corrected chi connectivity index (χ2v) is 4.49. The van der Waals surface area contributed by atoms with Crippen LogP contribution >= 0.6 is 11.6 Å². The van der Waals surface area contributed by atoms with Crippen LogP contribution in [-0.2, 0) is 9.59 Å². The van der Waals surface area contributed by atoms with E-state index in [0.29, 0.717) is 5.70 Å². The number of nitrogens with zero attached hydrogens (tertiary/aromatic N) is 2. The minimum Gasteiger partial charge on any atom is -0.366 e. The number of amides is 2. The zero-order valence-electron chi connectivity index (χ0n) is 9.41. The van der Waals surface area contributed by atoms with E-state index in [1.54, 1.807) is 0 Å². The van der Waals surface area contributed by atoms with Crippen LogP contribution in [0.15, 0.2) is 10.7 Å². The molecule has 0 N–H and O–H groups in total. The summed E-state index contributed by atoms with van der Waals surface area (Å²) in [5.74, 6) is 1.46. The molecule has 2 amide bonds. The molecule has 0 bridgehead atoms. The molecule has 0 aromatic heterocycles. The van der Waals surface area contributed by atoms with Crippen LogP contribution in [0.2, 0.25) is 0 Å². The topological polar surface area (TPSA) is 40.6 Å². The minimum absolute atomic E-state index is 0.00662. The Balaban J connectivity index is 2.24. The van der Waals surface area contributed by atoms with Gasteiger partial charge < -0.3 is 4.90 Å². The van der Waals surface area contributed by atoms with E-state index in [9.17, 15) is 9.59 Å². The SMILES string of the molecule is C#CCN1C(=O)C(Cl)=C(N2CCCCC2)C1=O. The van der Waals surface area contributed by atoms with Gasteiger partial charge in [0, 0.05) is 13.1 Å². The molecule has 5 heteroatoms. The average molecular weight is 253 g/mol. The van der Waals surface area contributed by atoms with Gasteiger partial charge in [-0.25, -0.2) is 0 Å². The Morgan fingerprint density at radius 1 is 1.18 bits per heavy atom. The molecule has 0 radical (unpaired) electrons. The molecule has 0 saturated carbocycles. The van der Waals surface area contributed by atoms with Gasteiger partial charge in [-0.2, -0.15) is 0 Å². The van der Waals surface area contributed by atoms with Crippen molar-refractivity contribution in [2.24, 2.45) is 0 Å².